The first-order chi connectivity index (χ1) is 13.9. The van der Waals surface area contributed by atoms with Gasteiger partial charge in [-0.05, 0) is 30.0 Å². The van der Waals surface area contributed by atoms with Gasteiger partial charge in [-0.2, -0.15) is 9.97 Å². The van der Waals surface area contributed by atoms with Crippen LogP contribution in [-0.4, -0.2) is 60.4 Å². The summed E-state index contributed by atoms with van der Waals surface area (Å²) in [5, 5.41) is 2.78. The number of cyclic esters (lactones) is 1. The molecule has 1 fully saturated rings. The summed E-state index contributed by atoms with van der Waals surface area (Å²) in [5.41, 5.74) is 0.341. The standard InChI is InChI=1S/C17H18FN5O5S/c1-9(24)19-7-11-8-23(17(25)28-11)10-4-5-13(12(18)6-10)29-16-21-14(26-2)20-15(22-16)27-3/h4-6,11H,7-8H2,1-3H3,(H,19,24)/t11-/m0/s1. The SMILES string of the molecule is COc1nc(OC)nc(Sc2ccc(N3C[C@H](CNC(C)=O)OC3=O)cc2F)n1. The molecule has 154 valence electrons. The smallest absolute Gasteiger partial charge is 0.414 e. The van der Waals surface area contributed by atoms with Crippen molar-refractivity contribution in [1.82, 2.24) is 20.3 Å². The molecule has 12 heteroatoms. The number of amides is 2. The fourth-order valence-electron chi connectivity index (χ4n) is 2.48. The van der Waals surface area contributed by atoms with Gasteiger partial charge in [-0.15, -0.1) is 4.98 Å². The molecule has 2 amide bonds. The lowest BCUT2D eigenvalue weighted by Crippen LogP contribution is -2.33. The van der Waals surface area contributed by atoms with Crippen molar-refractivity contribution in [2.45, 2.75) is 23.1 Å². The minimum absolute atomic E-state index is 0.0430. The predicted molar refractivity (Wildman–Crippen MR) is 99.8 cm³/mol. The third kappa shape index (κ3) is 5.02. The zero-order valence-electron chi connectivity index (χ0n) is 15.8. The maximum atomic E-state index is 14.6. The number of halogens is 1. The van der Waals surface area contributed by atoms with Gasteiger partial charge in [-0.25, -0.2) is 9.18 Å². The molecule has 1 N–H and O–H groups in total. The molecule has 0 unspecified atom stereocenters. The van der Waals surface area contributed by atoms with Crippen LogP contribution in [0.5, 0.6) is 12.0 Å². The minimum atomic E-state index is -0.605. The highest BCUT2D eigenvalue weighted by atomic mass is 32.2. The highest BCUT2D eigenvalue weighted by Gasteiger charge is 2.32. The van der Waals surface area contributed by atoms with E-state index in [9.17, 15) is 14.0 Å². The van der Waals surface area contributed by atoms with Gasteiger partial charge in [0.25, 0.3) is 0 Å². The lowest BCUT2D eigenvalue weighted by Gasteiger charge is -2.14. The highest BCUT2D eigenvalue weighted by Crippen LogP contribution is 2.32. The highest BCUT2D eigenvalue weighted by molar-refractivity contribution is 7.99. The van der Waals surface area contributed by atoms with Crippen LogP contribution in [0.3, 0.4) is 0 Å². The van der Waals surface area contributed by atoms with Crippen LogP contribution in [0.1, 0.15) is 6.92 Å². The van der Waals surface area contributed by atoms with E-state index >= 15 is 0 Å². The van der Waals surface area contributed by atoms with Crippen LogP contribution in [0.15, 0.2) is 28.3 Å². The summed E-state index contributed by atoms with van der Waals surface area (Å²) in [4.78, 5) is 36.6. The van der Waals surface area contributed by atoms with E-state index in [1.165, 1.54) is 38.2 Å². The van der Waals surface area contributed by atoms with Crippen LogP contribution in [0, 0.1) is 5.82 Å². The Kier molecular flexibility index (Phi) is 6.32. The Bertz CT molecular complexity index is 909. The van der Waals surface area contributed by atoms with Crippen molar-refractivity contribution in [1.29, 1.82) is 0 Å². The molecule has 10 nitrogen and oxygen atoms in total. The van der Waals surface area contributed by atoms with E-state index in [0.717, 1.165) is 11.8 Å². The van der Waals surface area contributed by atoms with Gasteiger partial charge in [-0.1, -0.05) is 0 Å². The number of hydrogen-bond acceptors (Lipinski definition) is 9. The first-order valence-corrected chi connectivity index (χ1v) is 9.25. The molecule has 1 aliphatic rings. The predicted octanol–water partition coefficient (Wildman–Crippen LogP) is 1.64. The molecule has 1 atom stereocenters. The average Bonchev–Trinajstić information content (AvgIpc) is 3.08. The van der Waals surface area contributed by atoms with E-state index in [1.54, 1.807) is 6.07 Å². The van der Waals surface area contributed by atoms with Crippen molar-refractivity contribution in [3.8, 4) is 12.0 Å². The third-order valence-corrected chi connectivity index (χ3v) is 4.74. The minimum Gasteiger partial charge on any atom is -0.467 e. The number of anilines is 1. The summed E-state index contributed by atoms with van der Waals surface area (Å²) in [5.74, 6) is -0.789. The van der Waals surface area contributed by atoms with Crippen LogP contribution in [0.25, 0.3) is 0 Å². The monoisotopic (exact) mass is 423 g/mol. The maximum absolute atomic E-state index is 14.6. The molecule has 0 aliphatic carbocycles. The fraction of sp³-hybridized carbons (Fsp3) is 0.353. The number of rotatable bonds is 7. The maximum Gasteiger partial charge on any atom is 0.414 e. The molecule has 0 bridgehead atoms. The second-order valence-electron chi connectivity index (χ2n) is 5.86. The summed E-state index contributed by atoms with van der Waals surface area (Å²) >= 11 is 0.958. The van der Waals surface area contributed by atoms with Gasteiger partial charge >= 0.3 is 18.1 Å². The summed E-state index contributed by atoms with van der Waals surface area (Å²) in [7, 11) is 2.79. The van der Waals surface area contributed by atoms with Crippen LogP contribution in [0.4, 0.5) is 14.9 Å². The normalized spacial score (nSPS) is 15.8. The van der Waals surface area contributed by atoms with Crippen molar-refractivity contribution in [3.63, 3.8) is 0 Å². The summed E-state index contributed by atoms with van der Waals surface area (Å²) in [6.07, 6.45) is -1.11. The molecular formula is C17H18FN5O5S. The molecule has 1 saturated heterocycles. The molecule has 2 aromatic rings. The van der Waals surface area contributed by atoms with Gasteiger partial charge in [0.2, 0.25) is 11.1 Å². The molecule has 0 spiro atoms. The molecule has 1 aromatic carbocycles. The molecular weight excluding hydrogens is 405 g/mol. The number of carbonyl (C=O) groups is 2. The van der Waals surface area contributed by atoms with Crippen molar-refractivity contribution >= 4 is 29.4 Å². The molecule has 2 heterocycles. The van der Waals surface area contributed by atoms with Crippen molar-refractivity contribution in [2.24, 2.45) is 0 Å². The van der Waals surface area contributed by atoms with Gasteiger partial charge in [-0.3, -0.25) is 9.69 Å². The second-order valence-corrected chi connectivity index (χ2v) is 6.87. The van der Waals surface area contributed by atoms with Gasteiger partial charge < -0.3 is 19.5 Å². The quantitative estimate of drug-likeness (QED) is 0.709. The average molecular weight is 423 g/mol. The topological polar surface area (TPSA) is 116 Å². The van der Waals surface area contributed by atoms with E-state index in [4.69, 9.17) is 14.2 Å². The molecule has 1 aromatic heterocycles. The molecule has 0 radical (unpaired) electrons. The fourth-order valence-corrected chi connectivity index (χ4v) is 3.22. The van der Waals surface area contributed by atoms with Crippen LogP contribution in [0.2, 0.25) is 0 Å². The number of benzene rings is 1. The lowest BCUT2D eigenvalue weighted by molar-refractivity contribution is -0.119. The number of ether oxygens (including phenoxy) is 3. The van der Waals surface area contributed by atoms with Crippen molar-refractivity contribution in [2.75, 3.05) is 32.2 Å². The van der Waals surface area contributed by atoms with Gasteiger partial charge in [0.15, 0.2) is 0 Å². The number of nitrogens with zero attached hydrogens (tertiary/aromatic N) is 4. The Hall–Kier alpha value is -3.15. The Morgan fingerprint density at radius 3 is 2.59 bits per heavy atom. The van der Waals surface area contributed by atoms with Crippen LogP contribution < -0.4 is 19.7 Å². The zero-order chi connectivity index (χ0) is 21.0. The van der Waals surface area contributed by atoms with E-state index < -0.39 is 18.0 Å². The Labute approximate surface area is 169 Å². The zero-order valence-corrected chi connectivity index (χ0v) is 16.7. The first kappa shape index (κ1) is 20.6. The van der Waals surface area contributed by atoms with E-state index in [0.29, 0.717) is 5.69 Å². The third-order valence-electron chi connectivity index (χ3n) is 3.82. The van der Waals surface area contributed by atoms with Crippen LogP contribution in [-0.2, 0) is 9.53 Å². The van der Waals surface area contributed by atoms with E-state index in [2.05, 4.69) is 20.3 Å². The summed E-state index contributed by atoms with van der Waals surface area (Å²) < 4.78 is 29.8. The van der Waals surface area contributed by atoms with Gasteiger partial charge in [0.1, 0.15) is 11.9 Å². The summed E-state index contributed by atoms with van der Waals surface area (Å²) in [6.45, 7) is 1.77. The number of methoxy groups -OCH3 is 2. The van der Waals surface area contributed by atoms with E-state index in [1.807, 2.05) is 0 Å². The molecule has 1 aliphatic heterocycles. The van der Waals surface area contributed by atoms with Crippen molar-refractivity contribution < 1.29 is 28.2 Å². The molecule has 3 rings (SSSR count). The largest absolute Gasteiger partial charge is 0.467 e. The lowest BCUT2D eigenvalue weighted by atomic mass is 10.2. The number of hydrogen-bond donors (Lipinski definition) is 1. The van der Waals surface area contributed by atoms with Gasteiger partial charge in [0.05, 0.1) is 37.9 Å². The molecule has 29 heavy (non-hydrogen) atoms. The number of carbonyl (C=O) groups excluding carboxylic acids is 2. The van der Waals surface area contributed by atoms with Gasteiger partial charge in [0, 0.05) is 6.92 Å². The Morgan fingerprint density at radius 2 is 2.00 bits per heavy atom. The second kappa shape index (κ2) is 8.90. The number of aromatic nitrogens is 3. The Morgan fingerprint density at radius 1 is 1.31 bits per heavy atom. The molecule has 0 saturated carbocycles. The van der Waals surface area contributed by atoms with Crippen LogP contribution >= 0.6 is 11.8 Å². The first-order valence-electron chi connectivity index (χ1n) is 8.43. The Balaban J connectivity index is 1.74. The van der Waals surface area contributed by atoms with E-state index in [-0.39, 0.29) is 41.1 Å². The summed E-state index contributed by atoms with van der Waals surface area (Å²) in [6, 6.07) is 4.40. The number of nitrogens with one attached hydrogen (secondary N) is 1. The van der Waals surface area contributed by atoms with Crippen molar-refractivity contribution in [3.05, 3.63) is 24.0 Å².